The Kier molecular flexibility index (Phi) is 3.15. The van der Waals surface area contributed by atoms with Crippen LogP contribution in [0, 0.1) is 5.92 Å². The van der Waals surface area contributed by atoms with E-state index < -0.39 is 0 Å². The van der Waals surface area contributed by atoms with Gasteiger partial charge in [-0.25, -0.2) is 0 Å². The molecule has 5 heteroatoms. The minimum Gasteiger partial charge on any atom is -0.354 e. The lowest BCUT2D eigenvalue weighted by molar-refractivity contribution is -0.122. The van der Waals surface area contributed by atoms with Gasteiger partial charge in [0, 0.05) is 18.7 Å². The van der Waals surface area contributed by atoms with Crippen molar-refractivity contribution in [2.24, 2.45) is 5.92 Å². The van der Waals surface area contributed by atoms with E-state index in [0.29, 0.717) is 6.54 Å². The molecule has 0 atom stereocenters. The predicted octanol–water partition coefficient (Wildman–Crippen LogP) is 2.14. The number of nitrogens with one attached hydrogen (secondary N) is 1. The topological polar surface area (TPSA) is 46.9 Å². The van der Waals surface area contributed by atoms with E-state index in [1.165, 1.54) is 4.88 Å². The van der Waals surface area contributed by atoms with Gasteiger partial charge in [0.1, 0.15) is 5.69 Å². The third-order valence-corrected chi connectivity index (χ3v) is 3.89. The summed E-state index contributed by atoms with van der Waals surface area (Å²) in [7, 11) is 0. The lowest BCUT2D eigenvalue weighted by Crippen LogP contribution is -2.28. The van der Waals surface area contributed by atoms with Crippen molar-refractivity contribution in [2.45, 2.75) is 19.4 Å². The van der Waals surface area contributed by atoms with Gasteiger partial charge in [-0.2, -0.15) is 5.10 Å². The lowest BCUT2D eigenvalue weighted by atomic mass is 10.3. The Morgan fingerprint density at radius 2 is 2.39 bits per heavy atom. The first-order chi connectivity index (χ1) is 8.83. The van der Waals surface area contributed by atoms with E-state index in [1.807, 2.05) is 28.4 Å². The second-order valence-corrected chi connectivity index (χ2v) is 5.45. The largest absolute Gasteiger partial charge is 0.354 e. The van der Waals surface area contributed by atoms with E-state index in [9.17, 15) is 4.79 Å². The molecule has 0 aromatic carbocycles. The fourth-order valence-electron chi connectivity index (χ4n) is 1.83. The highest BCUT2D eigenvalue weighted by Crippen LogP contribution is 2.28. The molecule has 94 valence electrons. The van der Waals surface area contributed by atoms with Crippen LogP contribution >= 0.6 is 11.3 Å². The third-order valence-electron chi connectivity index (χ3n) is 3.00. The molecule has 1 N–H and O–H groups in total. The summed E-state index contributed by atoms with van der Waals surface area (Å²) in [4.78, 5) is 12.6. The Bertz CT molecular complexity index is 528. The SMILES string of the molecule is O=C(NCCn1ccc(-c2cccs2)n1)C1CC1. The molecule has 1 saturated carbocycles. The van der Waals surface area contributed by atoms with E-state index in [0.717, 1.165) is 25.1 Å². The highest BCUT2D eigenvalue weighted by molar-refractivity contribution is 7.13. The summed E-state index contributed by atoms with van der Waals surface area (Å²) in [6, 6.07) is 6.09. The van der Waals surface area contributed by atoms with Crippen molar-refractivity contribution >= 4 is 17.2 Å². The highest BCUT2D eigenvalue weighted by Gasteiger charge is 2.28. The molecule has 2 heterocycles. The van der Waals surface area contributed by atoms with Gasteiger partial charge >= 0.3 is 0 Å². The number of rotatable bonds is 5. The standard InChI is InChI=1S/C13H15N3OS/c17-13(10-3-4-10)14-6-8-16-7-5-11(15-16)12-2-1-9-18-12/h1-2,5,7,9-10H,3-4,6,8H2,(H,14,17). The summed E-state index contributed by atoms with van der Waals surface area (Å²) in [6.45, 7) is 1.38. The van der Waals surface area contributed by atoms with Crippen molar-refractivity contribution in [1.29, 1.82) is 0 Å². The van der Waals surface area contributed by atoms with Crippen LogP contribution in [0.15, 0.2) is 29.8 Å². The average Bonchev–Trinajstić information content (AvgIpc) is 2.90. The van der Waals surface area contributed by atoms with Crippen LogP contribution in [0.5, 0.6) is 0 Å². The second-order valence-electron chi connectivity index (χ2n) is 4.51. The number of aromatic nitrogens is 2. The first-order valence-electron chi connectivity index (χ1n) is 6.18. The van der Waals surface area contributed by atoms with Crippen molar-refractivity contribution in [3.8, 4) is 10.6 Å². The smallest absolute Gasteiger partial charge is 0.223 e. The molecule has 2 aromatic heterocycles. The molecule has 0 spiro atoms. The molecule has 1 aliphatic carbocycles. The van der Waals surface area contributed by atoms with E-state index in [4.69, 9.17) is 0 Å². The number of hydrogen-bond acceptors (Lipinski definition) is 3. The van der Waals surface area contributed by atoms with Gasteiger partial charge in [-0.05, 0) is 30.4 Å². The van der Waals surface area contributed by atoms with Gasteiger partial charge in [0.05, 0.1) is 11.4 Å². The Hall–Kier alpha value is -1.62. The molecule has 0 saturated heterocycles. The summed E-state index contributed by atoms with van der Waals surface area (Å²) < 4.78 is 1.88. The van der Waals surface area contributed by atoms with Gasteiger partial charge in [0.2, 0.25) is 5.91 Å². The Labute approximate surface area is 110 Å². The zero-order chi connectivity index (χ0) is 12.4. The van der Waals surface area contributed by atoms with Gasteiger partial charge < -0.3 is 5.32 Å². The Morgan fingerprint density at radius 3 is 3.11 bits per heavy atom. The molecule has 18 heavy (non-hydrogen) atoms. The maximum Gasteiger partial charge on any atom is 0.223 e. The van der Waals surface area contributed by atoms with Crippen LogP contribution in [-0.2, 0) is 11.3 Å². The van der Waals surface area contributed by atoms with E-state index in [2.05, 4.69) is 16.5 Å². The third kappa shape index (κ3) is 2.61. The summed E-state index contributed by atoms with van der Waals surface area (Å²) in [6.07, 6.45) is 4.06. The number of amides is 1. The van der Waals surface area contributed by atoms with E-state index >= 15 is 0 Å². The van der Waals surface area contributed by atoms with Gasteiger partial charge in [0.25, 0.3) is 0 Å². The first kappa shape index (κ1) is 11.5. The monoisotopic (exact) mass is 261 g/mol. The molecule has 3 rings (SSSR count). The highest BCUT2D eigenvalue weighted by atomic mass is 32.1. The number of nitrogens with zero attached hydrogens (tertiary/aromatic N) is 2. The molecular weight excluding hydrogens is 246 g/mol. The van der Waals surface area contributed by atoms with Gasteiger partial charge in [0.15, 0.2) is 0 Å². The van der Waals surface area contributed by atoms with Crippen LogP contribution in [0.4, 0.5) is 0 Å². The minimum absolute atomic E-state index is 0.195. The molecular formula is C13H15N3OS. The van der Waals surface area contributed by atoms with Gasteiger partial charge in [-0.3, -0.25) is 9.48 Å². The molecule has 0 radical (unpaired) electrons. The summed E-state index contributed by atoms with van der Waals surface area (Å²) >= 11 is 1.68. The summed E-state index contributed by atoms with van der Waals surface area (Å²) in [5.41, 5.74) is 0.999. The normalized spacial score (nSPS) is 14.7. The minimum atomic E-state index is 0.195. The lowest BCUT2D eigenvalue weighted by Gasteiger charge is -2.04. The van der Waals surface area contributed by atoms with Crippen molar-refractivity contribution in [2.75, 3.05) is 6.54 Å². The number of hydrogen-bond donors (Lipinski definition) is 1. The Balaban J connectivity index is 1.52. The van der Waals surface area contributed by atoms with Crippen molar-refractivity contribution in [3.05, 3.63) is 29.8 Å². The van der Waals surface area contributed by atoms with Crippen LogP contribution in [0.25, 0.3) is 10.6 Å². The predicted molar refractivity (Wildman–Crippen MR) is 71.3 cm³/mol. The zero-order valence-corrected chi connectivity index (χ0v) is 10.8. The molecule has 2 aromatic rings. The first-order valence-corrected chi connectivity index (χ1v) is 7.06. The molecule has 0 unspecified atom stereocenters. The zero-order valence-electron chi connectivity index (χ0n) is 10.0. The van der Waals surface area contributed by atoms with Crippen LogP contribution in [-0.4, -0.2) is 22.2 Å². The average molecular weight is 261 g/mol. The van der Waals surface area contributed by atoms with Crippen molar-refractivity contribution in [1.82, 2.24) is 15.1 Å². The maximum absolute atomic E-state index is 11.4. The molecule has 0 aliphatic heterocycles. The van der Waals surface area contributed by atoms with Crippen LogP contribution < -0.4 is 5.32 Å². The fourth-order valence-corrected chi connectivity index (χ4v) is 2.52. The number of thiophene rings is 1. The van der Waals surface area contributed by atoms with Crippen molar-refractivity contribution < 1.29 is 4.79 Å². The second kappa shape index (κ2) is 4.94. The maximum atomic E-state index is 11.4. The van der Waals surface area contributed by atoms with E-state index in [-0.39, 0.29) is 11.8 Å². The van der Waals surface area contributed by atoms with Crippen LogP contribution in [0.3, 0.4) is 0 Å². The summed E-state index contributed by atoms with van der Waals surface area (Å²) in [5.74, 6) is 0.477. The quantitative estimate of drug-likeness (QED) is 0.896. The molecule has 0 bridgehead atoms. The van der Waals surface area contributed by atoms with Gasteiger partial charge in [-0.15, -0.1) is 11.3 Å². The Morgan fingerprint density at radius 1 is 1.50 bits per heavy atom. The van der Waals surface area contributed by atoms with Crippen LogP contribution in [0.1, 0.15) is 12.8 Å². The van der Waals surface area contributed by atoms with Crippen LogP contribution in [0.2, 0.25) is 0 Å². The number of carbonyl (C=O) groups is 1. The molecule has 4 nitrogen and oxygen atoms in total. The number of carbonyl (C=O) groups excluding carboxylic acids is 1. The summed E-state index contributed by atoms with van der Waals surface area (Å²) in [5, 5.41) is 9.47. The molecule has 1 fully saturated rings. The molecule has 1 aliphatic rings. The van der Waals surface area contributed by atoms with E-state index in [1.54, 1.807) is 11.3 Å². The van der Waals surface area contributed by atoms with Gasteiger partial charge in [-0.1, -0.05) is 6.07 Å². The van der Waals surface area contributed by atoms with Crippen molar-refractivity contribution in [3.63, 3.8) is 0 Å². The molecule has 1 amide bonds. The fraction of sp³-hybridized carbons (Fsp3) is 0.385.